The number of halogens is 1. The topological polar surface area (TPSA) is 91.2 Å². The highest BCUT2D eigenvalue weighted by molar-refractivity contribution is 6.30. The average molecular weight is 446 g/mol. The summed E-state index contributed by atoms with van der Waals surface area (Å²) < 4.78 is 5.64. The molecule has 3 aromatic carbocycles. The van der Waals surface area contributed by atoms with Gasteiger partial charge in [-0.2, -0.15) is 5.26 Å². The Bertz CT molecular complexity index is 1180. The average Bonchev–Trinajstić information content (AvgIpc) is 2.79. The Morgan fingerprint density at radius 3 is 2.28 bits per heavy atom. The number of carbonyl (C=O) groups excluding carboxylic acids is 2. The number of carbonyl (C=O) groups is 2. The van der Waals surface area contributed by atoms with Gasteiger partial charge in [-0.15, -0.1) is 0 Å². The number of para-hydroxylation sites is 1. The van der Waals surface area contributed by atoms with Crippen molar-refractivity contribution < 1.29 is 14.3 Å². The molecule has 0 saturated heterocycles. The molecule has 0 atom stereocenters. The van der Waals surface area contributed by atoms with Gasteiger partial charge >= 0.3 is 0 Å². The monoisotopic (exact) mass is 445 g/mol. The predicted octanol–water partition coefficient (Wildman–Crippen LogP) is 5.21. The highest BCUT2D eigenvalue weighted by Gasteiger charge is 2.12. The molecule has 0 unspecified atom stereocenters. The number of amides is 2. The lowest BCUT2D eigenvalue weighted by atomic mass is 10.1. The number of hydrogen-bond donors (Lipinski definition) is 2. The Hall–Kier alpha value is -4.08. The second kappa shape index (κ2) is 10.8. The highest BCUT2D eigenvalue weighted by Crippen LogP contribution is 2.22. The number of nitrogens with one attached hydrogen (secondary N) is 2. The van der Waals surface area contributed by atoms with E-state index in [4.69, 9.17) is 16.3 Å². The number of hydrogen-bond acceptors (Lipinski definition) is 4. The minimum atomic E-state index is -0.568. The molecule has 160 valence electrons. The van der Waals surface area contributed by atoms with Crippen molar-refractivity contribution in [3.8, 4) is 11.8 Å². The van der Waals surface area contributed by atoms with E-state index in [2.05, 4.69) is 10.6 Å². The molecule has 2 amide bonds. The number of ether oxygens (including phenoxy) is 1. The van der Waals surface area contributed by atoms with Gasteiger partial charge in [0.15, 0.2) is 6.61 Å². The Balaban J connectivity index is 1.68. The maximum atomic E-state index is 12.5. The van der Waals surface area contributed by atoms with Crippen LogP contribution < -0.4 is 15.4 Å². The summed E-state index contributed by atoms with van der Waals surface area (Å²) in [6.07, 6.45) is 1.42. The molecular weight excluding hydrogens is 426 g/mol. The van der Waals surface area contributed by atoms with Gasteiger partial charge in [-0.3, -0.25) is 9.59 Å². The summed E-state index contributed by atoms with van der Waals surface area (Å²) in [5.41, 5.74) is 2.66. The molecule has 0 aliphatic carbocycles. The molecule has 7 heteroatoms. The molecule has 3 rings (SSSR count). The third-order valence-electron chi connectivity index (χ3n) is 4.38. The van der Waals surface area contributed by atoms with Gasteiger partial charge in [0.2, 0.25) is 0 Å². The normalized spacial score (nSPS) is 10.7. The van der Waals surface area contributed by atoms with Crippen molar-refractivity contribution in [1.29, 1.82) is 5.26 Å². The fraction of sp³-hybridized carbons (Fsp3) is 0.0800. The molecule has 0 saturated carbocycles. The first-order chi connectivity index (χ1) is 15.4. The van der Waals surface area contributed by atoms with E-state index >= 15 is 0 Å². The van der Waals surface area contributed by atoms with E-state index in [1.807, 2.05) is 37.3 Å². The molecule has 0 bridgehead atoms. The number of rotatable bonds is 7. The summed E-state index contributed by atoms with van der Waals surface area (Å²) in [6.45, 7) is 1.74. The molecule has 6 nitrogen and oxygen atoms in total. The first-order valence-corrected chi connectivity index (χ1v) is 10.1. The summed E-state index contributed by atoms with van der Waals surface area (Å²) in [7, 11) is 0. The minimum Gasteiger partial charge on any atom is -0.483 e. The van der Waals surface area contributed by atoms with Crippen molar-refractivity contribution in [3.63, 3.8) is 0 Å². The van der Waals surface area contributed by atoms with Crippen molar-refractivity contribution in [2.45, 2.75) is 6.92 Å². The third-order valence-corrected chi connectivity index (χ3v) is 4.63. The van der Waals surface area contributed by atoms with Crippen LogP contribution in [0.25, 0.3) is 6.08 Å². The summed E-state index contributed by atoms with van der Waals surface area (Å²) >= 11 is 5.85. The lowest BCUT2D eigenvalue weighted by Gasteiger charge is -2.10. The second-order valence-electron chi connectivity index (χ2n) is 6.87. The van der Waals surface area contributed by atoms with E-state index in [1.54, 1.807) is 48.5 Å². The Morgan fingerprint density at radius 1 is 0.969 bits per heavy atom. The van der Waals surface area contributed by atoms with Crippen LogP contribution in [0.1, 0.15) is 11.1 Å². The van der Waals surface area contributed by atoms with E-state index in [9.17, 15) is 14.9 Å². The Labute approximate surface area is 191 Å². The summed E-state index contributed by atoms with van der Waals surface area (Å²) in [4.78, 5) is 24.7. The highest BCUT2D eigenvalue weighted by atomic mass is 35.5. The first-order valence-electron chi connectivity index (χ1n) is 9.71. The zero-order valence-corrected chi connectivity index (χ0v) is 18.0. The van der Waals surface area contributed by atoms with Crippen molar-refractivity contribution in [3.05, 3.63) is 94.5 Å². The molecule has 2 N–H and O–H groups in total. The lowest BCUT2D eigenvalue weighted by molar-refractivity contribution is -0.118. The molecule has 0 spiro atoms. The Morgan fingerprint density at radius 2 is 1.59 bits per heavy atom. The molecule has 0 aliphatic rings. The van der Waals surface area contributed by atoms with Crippen LogP contribution in [-0.2, 0) is 9.59 Å². The molecule has 0 fully saturated rings. The van der Waals surface area contributed by atoms with Crippen LogP contribution in [0.4, 0.5) is 11.4 Å². The zero-order valence-electron chi connectivity index (χ0n) is 17.3. The molecule has 32 heavy (non-hydrogen) atoms. The SMILES string of the molecule is Cc1ccc(NC(=O)COc2ccccc2/C=C(\C#N)C(=O)Nc2ccc(Cl)cc2)cc1. The summed E-state index contributed by atoms with van der Waals surface area (Å²) in [5.74, 6) is -0.519. The number of anilines is 2. The number of nitrogens with zero attached hydrogens (tertiary/aromatic N) is 1. The van der Waals surface area contributed by atoms with Gasteiger partial charge in [0.1, 0.15) is 17.4 Å². The van der Waals surface area contributed by atoms with Crippen molar-refractivity contribution in [2.24, 2.45) is 0 Å². The summed E-state index contributed by atoms with van der Waals surface area (Å²) in [6, 6.07) is 22.7. The maximum Gasteiger partial charge on any atom is 0.266 e. The quantitative estimate of drug-likeness (QED) is 0.385. The first kappa shape index (κ1) is 22.6. The van der Waals surface area contributed by atoms with Gasteiger partial charge < -0.3 is 15.4 Å². The second-order valence-corrected chi connectivity index (χ2v) is 7.31. The van der Waals surface area contributed by atoms with Gasteiger partial charge in [-0.25, -0.2) is 0 Å². The fourth-order valence-corrected chi connectivity index (χ4v) is 2.87. The van der Waals surface area contributed by atoms with Gasteiger partial charge in [0.25, 0.3) is 11.8 Å². The number of benzene rings is 3. The molecule has 3 aromatic rings. The smallest absolute Gasteiger partial charge is 0.266 e. The molecule has 0 aromatic heterocycles. The van der Waals surface area contributed by atoms with E-state index in [0.29, 0.717) is 27.7 Å². The van der Waals surface area contributed by atoms with E-state index in [-0.39, 0.29) is 18.1 Å². The third kappa shape index (κ3) is 6.46. The van der Waals surface area contributed by atoms with Crippen LogP contribution >= 0.6 is 11.6 Å². The fourth-order valence-electron chi connectivity index (χ4n) is 2.74. The van der Waals surface area contributed by atoms with Gasteiger partial charge in [-0.05, 0) is 55.5 Å². The Kier molecular flexibility index (Phi) is 7.63. The standard InChI is InChI=1S/C25H20ClN3O3/c1-17-6-10-21(11-7-17)28-24(30)16-32-23-5-3-2-4-18(23)14-19(15-27)25(31)29-22-12-8-20(26)9-13-22/h2-14H,16H2,1H3,(H,28,30)(H,29,31)/b19-14+. The largest absolute Gasteiger partial charge is 0.483 e. The van der Waals surface area contributed by atoms with Crippen LogP contribution in [0.5, 0.6) is 5.75 Å². The zero-order chi connectivity index (χ0) is 22.9. The number of aryl methyl sites for hydroxylation is 1. The number of nitriles is 1. The molecular formula is C25H20ClN3O3. The van der Waals surface area contributed by atoms with E-state index in [0.717, 1.165) is 5.56 Å². The van der Waals surface area contributed by atoms with Crippen LogP contribution in [-0.4, -0.2) is 18.4 Å². The van der Waals surface area contributed by atoms with E-state index in [1.165, 1.54) is 6.08 Å². The van der Waals surface area contributed by atoms with Crippen molar-refractivity contribution in [1.82, 2.24) is 0 Å². The summed E-state index contributed by atoms with van der Waals surface area (Å²) in [5, 5.41) is 15.4. The van der Waals surface area contributed by atoms with E-state index < -0.39 is 5.91 Å². The lowest BCUT2D eigenvalue weighted by Crippen LogP contribution is -2.20. The van der Waals surface area contributed by atoms with Gasteiger partial charge in [0, 0.05) is 22.0 Å². The van der Waals surface area contributed by atoms with Crippen LogP contribution in [0, 0.1) is 18.3 Å². The molecule has 0 radical (unpaired) electrons. The maximum absolute atomic E-state index is 12.5. The van der Waals surface area contributed by atoms with Crippen molar-refractivity contribution in [2.75, 3.05) is 17.2 Å². The van der Waals surface area contributed by atoms with Crippen LogP contribution in [0.3, 0.4) is 0 Å². The van der Waals surface area contributed by atoms with Gasteiger partial charge in [-0.1, -0.05) is 47.5 Å². The molecule has 0 heterocycles. The van der Waals surface area contributed by atoms with Crippen LogP contribution in [0.2, 0.25) is 5.02 Å². The van der Waals surface area contributed by atoms with Gasteiger partial charge in [0.05, 0.1) is 0 Å². The minimum absolute atomic E-state index is 0.111. The predicted molar refractivity (Wildman–Crippen MR) is 125 cm³/mol. The van der Waals surface area contributed by atoms with Crippen molar-refractivity contribution >= 4 is 40.9 Å². The molecule has 0 aliphatic heterocycles. The van der Waals surface area contributed by atoms with Crippen LogP contribution in [0.15, 0.2) is 78.4 Å².